The lowest BCUT2D eigenvalue weighted by Crippen LogP contribution is -2.49. The van der Waals surface area contributed by atoms with E-state index in [0.717, 1.165) is 51.9 Å². The fraction of sp³-hybridized carbons (Fsp3) is 0.765. The van der Waals surface area contributed by atoms with E-state index in [1.165, 1.54) is 12.8 Å². The smallest absolute Gasteiger partial charge is 0.225 e. The molecule has 0 aromatic carbocycles. The van der Waals surface area contributed by atoms with Crippen molar-refractivity contribution in [3.63, 3.8) is 0 Å². The van der Waals surface area contributed by atoms with Crippen molar-refractivity contribution >= 4 is 5.95 Å². The average Bonchev–Trinajstić information content (AvgIpc) is 2.62. The van der Waals surface area contributed by atoms with Crippen LogP contribution in [0.2, 0.25) is 0 Å². The molecule has 2 aliphatic heterocycles. The van der Waals surface area contributed by atoms with Crippen molar-refractivity contribution in [1.82, 2.24) is 19.8 Å². The largest absolute Gasteiger partial charge is 0.379 e. The molecule has 0 saturated carbocycles. The molecular formula is C17H29N5O. The van der Waals surface area contributed by atoms with Gasteiger partial charge in [0.2, 0.25) is 5.95 Å². The quantitative estimate of drug-likeness (QED) is 0.810. The lowest BCUT2D eigenvalue weighted by molar-refractivity contribution is -0.00495. The van der Waals surface area contributed by atoms with E-state index in [2.05, 4.69) is 38.6 Å². The molecule has 23 heavy (non-hydrogen) atoms. The summed E-state index contributed by atoms with van der Waals surface area (Å²) in [7, 11) is 2.27. The van der Waals surface area contributed by atoms with E-state index >= 15 is 0 Å². The molecule has 0 spiro atoms. The van der Waals surface area contributed by atoms with E-state index in [0.29, 0.717) is 12.1 Å². The Morgan fingerprint density at radius 2 is 1.96 bits per heavy atom. The van der Waals surface area contributed by atoms with Crippen LogP contribution in [0.25, 0.3) is 0 Å². The molecular weight excluding hydrogens is 290 g/mol. The first-order chi connectivity index (χ1) is 11.2. The molecule has 0 bridgehead atoms. The van der Waals surface area contributed by atoms with Gasteiger partial charge in [0.1, 0.15) is 0 Å². The van der Waals surface area contributed by atoms with E-state index in [4.69, 9.17) is 4.74 Å². The molecule has 2 saturated heterocycles. The highest BCUT2D eigenvalue weighted by Gasteiger charge is 2.25. The summed E-state index contributed by atoms with van der Waals surface area (Å²) in [6, 6.07) is 3.09. The zero-order valence-corrected chi connectivity index (χ0v) is 14.4. The van der Waals surface area contributed by atoms with Crippen LogP contribution in [0.3, 0.4) is 0 Å². The minimum Gasteiger partial charge on any atom is -0.379 e. The Balaban J connectivity index is 1.42. The van der Waals surface area contributed by atoms with Gasteiger partial charge in [-0.3, -0.25) is 4.90 Å². The topological polar surface area (TPSA) is 44.7 Å². The van der Waals surface area contributed by atoms with Crippen molar-refractivity contribution in [3.05, 3.63) is 18.5 Å². The zero-order chi connectivity index (χ0) is 16.1. The van der Waals surface area contributed by atoms with Crippen molar-refractivity contribution in [3.8, 4) is 0 Å². The van der Waals surface area contributed by atoms with Crippen LogP contribution in [-0.2, 0) is 4.74 Å². The maximum atomic E-state index is 5.52. The Morgan fingerprint density at radius 1 is 1.22 bits per heavy atom. The minimum atomic E-state index is 0.550. The van der Waals surface area contributed by atoms with Gasteiger partial charge in [0.05, 0.1) is 13.2 Å². The Morgan fingerprint density at radius 3 is 2.65 bits per heavy atom. The molecule has 0 N–H and O–H groups in total. The fourth-order valence-electron chi connectivity index (χ4n) is 3.52. The third-order valence-electron chi connectivity index (χ3n) is 5.17. The highest BCUT2D eigenvalue weighted by Crippen LogP contribution is 2.19. The number of hydrogen-bond donors (Lipinski definition) is 0. The molecule has 1 aromatic heterocycles. The van der Waals surface area contributed by atoms with E-state index in [9.17, 15) is 0 Å². The van der Waals surface area contributed by atoms with Crippen molar-refractivity contribution in [2.24, 2.45) is 0 Å². The standard InChI is InChI=1S/C17H29N5O/c1-15-14-23-13-12-21(15)11-10-20(2)16-4-8-22(9-5-16)17-18-6-3-7-19-17/h3,6-7,15-16H,4-5,8-14H2,1-2H3. The molecule has 2 aliphatic rings. The third-order valence-corrected chi connectivity index (χ3v) is 5.17. The summed E-state index contributed by atoms with van der Waals surface area (Å²) < 4.78 is 5.52. The molecule has 3 heterocycles. The first-order valence-corrected chi connectivity index (χ1v) is 8.78. The number of likely N-dealkylation sites (N-methyl/N-ethyl adjacent to an activating group) is 1. The highest BCUT2D eigenvalue weighted by atomic mass is 16.5. The Labute approximate surface area is 139 Å². The van der Waals surface area contributed by atoms with Gasteiger partial charge in [0.25, 0.3) is 0 Å². The van der Waals surface area contributed by atoms with Gasteiger partial charge in [-0.1, -0.05) is 0 Å². The molecule has 0 aliphatic carbocycles. The van der Waals surface area contributed by atoms with Gasteiger partial charge in [0, 0.05) is 57.2 Å². The summed E-state index contributed by atoms with van der Waals surface area (Å²) in [4.78, 5) is 16.1. The van der Waals surface area contributed by atoms with Gasteiger partial charge >= 0.3 is 0 Å². The normalized spacial score (nSPS) is 24.3. The van der Waals surface area contributed by atoms with Crippen LogP contribution in [0.15, 0.2) is 18.5 Å². The van der Waals surface area contributed by atoms with Crippen LogP contribution < -0.4 is 4.90 Å². The number of aromatic nitrogens is 2. The van der Waals surface area contributed by atoms with E-state index in [-0.39, 0.29) is 0 Å². The molecule has 0 amide bonds. The monoisotopic (exact) mass is 319 g/mol. The summed E-state index contributed by atoms with van der Waals surface area (Å²) in [5.74, 6) is 0.871. The molecule has 1 atom stereocenters. The number of nitrogens with zero attached hydrogens (tertiary/aromatic N) is 5. The van der Waals surface area contributed by atoms with Crippen molar-refractivity contribution in [2.45, 2.75) is 31.8 Å². The number of hydrogen-bond acceptors (Lipinski definition) is 6. The predicted molar refractivity (Wildman–Crippen MR) is 91.8 cm³/mol. The van der Waals surface area contributed by atoms with Crippen LogP contribution in [0.5, 0.6) is 0 Å². The first-order valence-electron chi connectivity index (χ1n) is 8.78. The van der Waals surface area contributed by atoms with Crippen LogP contribution in [-0.4, -0.2) is 84.8 Å². The zero-order valence-electron chi connectivity index (χ0n) is 14.4. The van der Waals surface area contributed by atoms with E-state index in [1.54, 1.807) is 0 Å². The lowest BCUT2D eigenvalue weighted by atomic mass is 10.0. The molecule has 2 fully saturated rings. The lowest BCUT2D eigenvalue weighted by Gasteiger charge is -2.39. The molecule has 3 rings (SSSR count). The SMILES string of the molecule is CC1COCCN1CCN(C)C1CCN(c2ncccn2)CC1. The fourth-order valence-corrected chi connectivity index (χ4v) is 3.52. The van der Waals surface area contributed by atoms with Crippen LogP contribution >= 0.6 is 0 Å². The van der Waals surface area contributed by atoms with E-state index < -0.39 is 0 Å². The van der Waals surface area contributed by atoms with Gasteiger partial charge in [-0.05, 0) is 32.9 Å². The summed E-state index contributed by atoms with van der Waals surface area (Å²) in [6.07, 6.45) is 6.02. The van der Waals surface area contributed by atoms with E-state index in [1.807, 2.05) is 18.5 Å². The molecule has 128 valence electrons. The second-order valence-electron chi connectivity index (χ2n) is 6.71. The summed E-state index contributed by atoms with van der Waals surface area (Å²) in [6.45, 7) is 9.46. The number of rotatable bonds is 5. The van der Waals surface area contributed by atoms with Gasteiger partial charge in [0.15, 0.2) is 0 Å². The average molecular weight is 319 g/mol. The molecule has 6 nitrogen and oxygen atoms in total. The Bertz CT molecular complexity index is 463. The van der Waals surface area contributed by atoms with Crippen molar-refractivity contribution in [2.75, 3.05) is 57.9 Å². The van der Waals surface area contributed by atoms with Crippen molar-refractivity contribution in [1.29, 1.82) is 0 Å². The second kappa shape index (κ2) is 8.04. The maximum Gasteiger partial charge on any atom is 0.225 e. The second-order valence-corrected chi connectivity index (χ2v) is 6.71. The number of ether oxygens (including phenoxy) is 1. The third kappa shape index (κ3) is 4.40. The van der Waals surface area contributed by atoms with Crippen molar-refractivity contribution < 1.29 is 4.74 Å². The highest BCUT2D eigenvalue weighted by molar-refractivity contribution is 5.29. The first kappa shape index (κ1) is 16.6. The maximum absolute atomic E-state index is 5.52. The minimum absolute atomic E-state index is 0.550. The summed E-state index contributed by atoms with van der Waals surface area (Å²) in [5, 5.41) is 0. The number of piperidine rings is 1. The van der Waals surface area contributed by atoms with Crippen LogP contribution in [0.4, 0.5) is 5.95 Å². The summed E-state index contributed by atoms with van der Waals surface area (Å²) in [5.41, 5.74) is 0. The molecule has 0 radical (unpaired) electrons. The van der Waals surface area contributed by atoms with Gasteiger partial charge < -0.3 is 14.5 Å². The van der Waals surface area contributed by atoms with Gasteiger partial charge in [-0.15, -0.1) is 0 Å². The predicted octanol–water partition coefficient (Wildman–Crippen LogP) is 1.10. The van der Waals surface area contributed by atoms with Crippen LogP contribution in [0, 0.1) is 0 Å². The van der Waals surface area contributed by atoms with Crippen LogP contribution in [0.1, 0.15) is 19.8 Å². The molecule has 1 unspecified atom stereocenters. The Hall–Kier alpha value is -1.24. The molecule has 6 heteroatoms. The number of anilines is 1. The van der Waals surface area contributed by atoms with Gasteiger partial charge in [-0.25, -0.2) is 9.97 Å². The Kier molecular flexibility index (Phi) is 5.80. The molecule has 1 aromatic rings. The summed E-state index contributed by atoms with van der Waals surface area (Å²) >= 11 is 0. The van der Waals surface area contributed by atoms with Gasteiger partial charge in [-0.2, -0.15) is 0 Å². The number of morpholine rings is 1.